The van der Waals surface area contributed by atoms with Crippen LogP contribution >= 0.6 is 0 Å². The third-order valence-electron chi connectivity index (χ3n) is 4.41. The van der Waals surface area contributed by atoms with E-state index in [4.69, 9.17) is 0 Å². The first-order chi connectivity index (χ1) is 8.44. The molecule has 2 aliphatic rings. The zero-order valence-electron chi connectivity index (χ0n) is 12.1. The molecule has 1 aliphatic carbocycles. The second-order valence-corrected chi connectivity index (χ2v) is 7.31. The average molecular weight is 252 g/mol. The molecule has 0 spiro atoms. The largest absolute Gasteiger partial charge is 0.356 e. The predicted molar refractivity (Wildman–Crippen MR) is 74.3 cm³/mol. The Hall–Kier alpha value is -0.570. The van der Waals surface area contributed by atoms with E-state index in [1.54, 1.807) is 0 Å². The van der Waals surface area contributed by atoms with E-state index in [0.717, 1.165) is 32.0 Å². The molecule has 0 aromatic heterocycles. The van der Waals surface area contributed by atoms with Crippen molar-refractivity contribution in [3.05, 3.63) is 0 Å². The lowest BCUT2D eigenvalue weighted by molar-refractivity contribution is -0.122. The van der Waals surface area contributed by atoms with Gasteiger partial charge in [-0.3, -0.25) is 4.79 Å². The van der Waals surface area contributed by atoms with E-state index in [1.165, 1.54) is 19.3 Å². The van der Waals surface area contributed by atoms with Crippen LogP contribution in [0, 0.1) is 23.2 Å². The van der Waals surface area contributed by atoms with Gasteiger partial charge in [-0.25, -0.2) is 0 Å². The molecule has 2 unspecified atom stereocenters. The quantitative estimate of drug-likeness (QED) is 0.805. The third-order valence-corrected chi connectivity index (χ3v) is 4.41. The van der Waals surface area contributed by atoms with Crippen molar-refractivity contribution in [3.63, 3.8) is 0 Å². The van der Waals surface area contributed by atoms with Gasteiger partial charge in [0.1, 0.15) is 0 Å². The maximum absolute atomic E-state index is 11.9. The van der Waals surface area contributed by atoms with Crippen molar-refractivity contribution in [2.45, 2.75) is 46.5 Å². The molecule has 1 saturated carbocycles. The maximum atomic E-state index is 11.9. The van der Waals surface area contributed by atoms with Crippen LogP contribution in [0.25, 0.3) is 0 Å². The minimum absolute atomic E-state index is 0.261. The molecule has 1 saturated heterocycles. The fraction of sp³-hybridized carbons (Fsp3) is 0.933. The molecule has 0 radical (unpaired) electrons. The van der Waals surface area contributed by atoms with E-state index < -0.39 is 0 Å². The second-order valence-electron chi connectivity index (χ2n) is 7.31. The Morgan fingerprint density at radius 1 is 1.28 bits per heavy atom. The van der Waals surface area contributed by atoms with E-state index in [1.807, 2.05) is 0 Å². The normalized spacial score (nSPS) is 31.7. The summed E-state index contributed by atoms with van der Waals surface area (Å²) in [4.78, 5) is 11.9. The maximum Gasteiger partial charge on any atom is 0.220 e. The molecule has 2 N–H and O–H groups in total. The molecular weight excluding hydrogens is 224 g/mol. The summed E-state index contributed by atoms with van der Waals surface area (Å²) in [6, 6.07) is 0. The smallest absolute Gasteiger partial charge is 0.220 e. The Bertz CT molecular complexity index is 297. The van der Waals surface area contributed by atoms with Gasteiger partial charge in [0.25, 0.3) is 0 Å². The van der Waals surface area contributed by atoms with Gasteiger partial charge in [0.2, 0.25) is 5.91 Å². The number of rotatable bonds is 4. The van der Waals surface area contributed by atoms with Gasteiger partial charge in [0.05, 0.1) is 0 Å². The van der Waals surface area contributed by atoms with E-state index in [-0.39, 0.29) is 5.91 Å². The van der Waals surface area contributed by atoms with Crippen LogP contribution in [0.5, 0.6) is 0 Å². The van der Waals surface area contributed by atoms with Crippen molar-refractivity contribution in [1.29, 1.82) is 0 Å². The van der Waals surface area contributed by atoms with Crippen molar-refractivity contribution >= 4 is 5.91 Å². The van der Waals surface area contributed by atoms with Gasteiger partial charge in [-0.05, 0) is 36.5 Å². The molecule has 1 heterocycles. The summed E-state index contributed by atoms with van der Waals surface area (Å²) in [6.07, 6.45) is 4.46. The SMILES string of the molecule is CC1CC(CC(=O)NCC2CNC2)CC(C)(C)C1. The number of hydrogen-bond acceptors (Lipinski definition) is 2. The first kappa shape index (κ1) is 13.9. The topological polar surface area (TPSA) is 41.1 Å². The van der Waals surface area contributed by atoms with Crippen LogP contribution in [0.1, 0.15) is 46.5 Å². The number of nitrogens with one attached hydrogen (secondary N) is 2. The highest BCUT2D eigenvalue weighted by Gasteiger charge is 2.32. The van der Waals surface area contributed by atoms with Gasteiger partial charge < -0.3 is 10.6 Å². The van der Waals surface area contributed by atoms with E-state index in [9.17, 15) is 4.79 Å². The zero-order chi connectivity index (χ0) is 13.2. The highest BCUT2D eigenvalue weighted by molar-refractivity contribution is 5.76. The number of amides is 1. The van der Waals surface area contributed by atoms with Crippen LogP contribution in [0.3, 0.4) is 0 Å². The summed E-state index contributed by atoms with van der Waals surface area (Å²) in [5, 5.41) is 6.33. The molecule has 2 fully saturated rings. The van der Waals surface area contributed by atoms with Crippen LogP contribution in [-0.4, -0.2) is 25.5 Å². The van der Waals surface area contributed by atoms with Crippen molar-refractivity contribution < 1.29 is 4.79 Å². The summed E-state index contributed by atoms with van der Waals surface area (Å²) in [5.41, 5.74) is 0.417. The molecule has 2 rings (SSSR count). The monoisotopic (exact) mass is 252 g/mol. The molecule has 1 amide bonds. The summed E-state index contributed by atoms with van der Waals surface area (Å²) in [6.45, 7) is 9.99. The molecule has 0 aromatic carbocycles. The van der Waals surface area contributed by atoms with Crippen LogP contribution in [0.4, 0.5) is 0 Å². The summed E-state index contributed by atoms with van der Waals surface area (Å²) in [7, 11) is 0. The van der Waals surface area contributed by atoms with Gasteiger partial charge in [0.15, 0.2) is 0 Å². The lowest BCUT2D eigenvalue weighted by atomic mass is 9.67. The van der Waals surface area contributed by atoms with Gasteiger partial charge in [-0.15, -0.1) is 0 Å². The molecule has 3 heteroatoms. The zero-order valence-corrected chi connectivity index (χ0v) is 12.1. The van der Waals surface area contributed by atoms with E-state index in [0.29, 0.717) is 17.3 Å². The minimum atomic E-state index is 0.261. The molecule has 104 valence electrons. The molecule has 1 aliphatic heterocycles. The molecule has 0 aromatic rings. The Morgan fingerprint density at radius 2 is 2.00 bits per heavy atom. The summed E-state index contributed by atoms with van der Waals surface area (Å²) in [5.74, 6) is 2.28. The first-order valence-corrected chi connectivity index (χ1v) is 7.42. The number of carbonyl (C=O) groups excluding carboxylic acids is 1. The van der Waals surface area contributed by atoms with E-state index >= 15 is 0 Å². The Morgan fingerprint density at radius 3 is 2.56 bits per heavy atom. The van der Waals surface area contributed by atoms with Gasteiger partial charge in [0, 0.05) is 32.0 Å². The third kappa shape index (κ3) is 3.98. The lowest BCUT2D eigenvalue weighted by Gasteiger charge is -2.39. The molecule has 2 atom stereocenters. The van der Waals surface area contributed by atoms with Crippen molar-refractivity contribution in [1.82, 2.24) is 10.6 Å². The second kappa shape index (κ2) is 5.60. The van der Waals surface area contributed by atoms with Crippen molar-refractivity contribution in [2.75, 3.05) is 19.6 Å². The molecular formula is C15H28N2O. The Kier molecular flexibility index (Phi) is 4.31. The fourth-order valence-electron chi connectivity index (χ4n) is 3.78. The van der Waals surface area contributed by atoms with Gasteiger partial charge in [-0.1, -0.05) is 20.8 Å². The van der Waals surface area contributed by atoms with Crippen molar-refractivity contribution in [3.8, 4) is 0 Å². The van der Waals surface area contributed by atoms with Gasteiger partial charge >= 0.3 is 0 Å². The number of carbonyl (C=O) groups is 1. The number of hydrogen-bond donors (Lipinski definition) is 2. The summed E-state index contributed by atoms with van der Waals surface area (Å²) < 4.78 is 0. The highest BCUT2D eigenvalue weighted by Crippen LogP contribution is 2.42. The molecule has 3 nitrogen and oxygen atoms in total. The first-order valence-electron chi connectivity index (χ1n) is 7.42. The minimum Gasteiger partial charge on any atom is -0.356 e. The highest BCUT2D eigenvalue weighted by atomic mass is 16.1. The average Bonchev–Trinajstić information content (AvgIpc) is 2.10. The van der Waals surface area contributed by atoms with Crippen LogP contribution in [0.2, 0.25) is 0 Å². The molecule has 0 bridgehead atoms. The van der Waals surface area contributed by atoms with Crippen LogP contribution in [-0.2, 0) is 4.79 Å². The predicted octanol–water partition coefficient (Wildman–Crippen LogP) is 2.17. The molecule has 18 heavy (non-hydrogen) atoms. The van der Waals surface area contributed by atoms with Crippen molar-refractivity contribution in [2.24, 2.45) is 23.2 Å². The fourth-order valence-corrected chi connectivity index (χ4v) is 3.78. The Labute approximate surface area is 111 Å². The Balaban J connectivity index is 1.72. The van der Waals surface area contributed by atoms with Crippen LogP contribution < -0.4 is 10.6 Å². The van der Waals surface area contributed by atoms with E-state index in [2.05, 4.69) is 31.4 Å². The summed E-state index contributed by atoms with van der Waals surface area (Å²) >= 11 is 0. The van der Waals surface area contributed by atoms with Crippen LogP contribution in [0.15, 0.2) is 0 Å². The van der Waals surface area contributed by atoms with Gasteiger partial charge in [-0.2, -0.15) is 0 Å². The standard InChI is InChI=1S/C15H28N2O/c1-11-4-12(7-15(2,3)6-11)5-14(18)17-10-13-8-16-9-13/h11-13,16H,4-10H2,1-3H3,(H,17,18). The lowest BCUT2D eigenvalue weighted by Crippen LogP contribution is -2.48.